The number of rotatable bonds is 9. The first-order valence-corrected chi connectivity index (χ1v) is 10.1. The fourth-order valence-corrected chi connectivity index (χ4v) is 2.34. The van der Waals surface area contributed by atoms with Crippen molar-refractivity contribution in [3.05, 3.63) is 72.9 Å². The summed E-state index contributed by atoms with van der Waals surface area (Å²) in [6.45, 7) is 30.5. The molecule has 0 fully saturated rings. The Morgan fingerprint density at radius 1 is 1.00 bits per heavy atom. The van der Waals surface area contributed by atoms with E-state index in [1.807, 2.05) is 45.7 Å². The molecule has 0 aromatic rings. The van der Waals surface area contributed by atoms with Crippen molar-refractivity contribution in [2.24, 2.45) is 11.8 Å². The van der Waals surface area contributed by atoms with Gasteiger partial charge in [-0.25, -0.2) is 0 Å². The smallest absolute Gasteiger partial charge is 0.0129 e. The van der Waals surface area contributed by atoms with Gasteiger partial charge in [0, 0.05) is 0 Å². The molecule has 0 radical (unpaired) electrons. The molecule has 0 saturated heterocycles. The van der Waals surface area contributed by atoms with Gasteiger partial charge in [-0.1, -0.05) is 104 Å². The monoisotopic (exact) mass is 348 g/mol. The maximum Gasteiger partial charge on any atom is -0.0129 e. The minimum absolute atomic E-state index is 0.622. The van der Waals surface area contributed by atoms with Crippen molar-refractivity contribution in [3.8, 4) is 0 Å². The molecule has 0 N–H and O–H groups in total. The van der Waals surface area contributed by atoms with Crippen molar-refractivity contribution in [2.75, 3.05) is 6.66 Å². The van der Waals surface area contributed by atoms with E-state index in [-0.39, 0.29) is 0 Å². The lowest BCUT2D eigenvalue weighted by atomic mass is 9.83. The topological polar surface area (TPSA) is 0 Å². The minimum atomic E-state index is 0.622. The summed E-state index contributed by atoms with van der Waals surface area (Å²) in [6.07, 6.45) is 9.86. The van der Waals surface area contributed by atoms with Crippen LogP contribution >= 0.6 is 9.24 Å². The zero-order valence-corrected chi connectivity index (χ0v) is 18.4. The average molecular weight is 349 g/mol. The van der Waals surface area contributed by atoms with E-state index in [9.17, 15) is 0 Å². The van der Waals surface area contributed by atoms with Crippen LogP contribution in [0.1, 0.15) is 54.4 Å². The second-order valence-electron chi connectivity index (χ2n) is 5.51. The maximum absolute atomic E-state index is 4.12. The highest BCUT2D eigenvalue weighted by Gasteiger charge is 2.16. The van der Waals surface area contributed by atoms with Crippen molar-refractivity contribution in [3.63, 3.8) is 0 Å². The zero-order valence-electron chi connectivity index (χ0n) is 17.3. The minimum Gasteiger partial charge on any atom is -0.141 e. The second kappa shape index (κ2) is 18.2. The van der Waals surface area contributed by atoms with E-state index >= 15 is 0 Å². The van der Waals surface area contributed by atoms with E-state index in [0.29, 0.717) is 11.8 Å². The van der Waals surface area contributed by atoms with Gasteiger partial charge in [0.1, 0.15) is 0 Å². The molecule has 1 heteroatoms. The van der Waals surface area contributed by atoms with Gasteiger partial charge in [0.25, 0.3) is 0 Å². The Balaban J connectivity index is -0.00000102. The highest BCUT2D eigenvalue weighted by molar-refractivity contribution is 7.15. The van der Waals surface area contributed by atoms with Crippen molar-refractivity contribution >= 4 is 9.24 Å². The van der Waals surface area contributed by atoms with E-state index in [4.69, 9.17) is 0 Å². The van der Waals surface area contributed by atoms with Gasteiger partial charge in [-0.05, 0) is 41.9 Å². The molecule has 0 aliphatic heterocycles. The Morgan fingerprint density at radius 2 is 1.46 bits per heavy atom. The molecule has 0 nitrogen and oxygen atoms in total. The van der Waals surface area contributed by atoms with E-state index in [1.165, 1.54) is 12.0 Å². The van der Waals surface area contributed by atoms with Crippen LogP contribution in [-0.2, 0) is 0 Å². The fraction of sp³-hybridized carbons (Fsp3) is 0.478. The van der Waals surface area contributed by atoms with E-state index < -0.39 is 0 Å². The van der Waals surface area contributed by atoms with Gasteiger partial charge >= 0.3 is 0 Å². The van der Waals surface area contributed by atoms with Gasteiger partial charge < -0.3 is 0 Å². The lowest BCUT2D eigenvalue weighted by Crippen LogP contribution is -2.09. The van der Waals surface area contributed by atoms with Gasteiger partial charge in [0.2, 0.25) is 0 Å². The van der Waals surface area contributed by atoms with Crippen molar-refractivity contribution < 1.29 is 0 Å². The van der Waals surface area contributed by atoms with Crippen molar-refractivity contribution in [1.29, 1.82) is 0 Å². The van der Waals surface area contributed by atoms with E-state index in [0.717, 1.165) is 23.1 Å². The highest BCUT2D eigenvalue weighted by Crippen LogP contribution is 2.31. The third kappa shape index (κ3) is 10.6. The first-order valence-electron chi connectivity index (χ1n) is 8.97. The molecule has 24 heavy (non-hydrogen) atoms. The molecule has 0 bridgehead atoms. The van der Waals surface area contributed by atoms with Crippen molar-refractivity contribution in [2.45, 2.75) is 54.4 Å². The van der Waals surface area contributed by atoms with Crippen LogP contribution in [0.3, 0.4) is 0 Å². The Labute approximate surface area is 155 Å². The van der Waals surface area contributed by atoms with Crippen molar-refractivity contribution in [1.82, 2.24) is 0 Å². The molecule has 0 spiro atoms. The number of hydrogen-bond acceptors (Lipinski definition) is 0. The Bertz CT molecular complexity index is 425. The number of hydrogen-bond donors (Lipinski definition) is 0. The standard InChI is InChI=1S/C20H30.C2H6.CH5P/c1-9-13-19(14-17(8)16(7)10-2)20(15(5)6)18(11-3)12-4;2*1-2/h9,11-13,16-17H,1,3-5,10,14H2,2,6-8H3;1-2H3;2H2,1H3/b19-13-;;. The van der Waals surface area contributed by atoms with E-state index in [2.05, 4.69) is 62.4 Å². The molecule has 0 aromatic heterocycles. The van der Waals surface area contributed by atoms with Crippen LogP contribution in [0.2, 0.25) is 0 Å². The Morgan fingerprint density at radius 3 is 1.75 bits per heavy atom. The summed E-state index contributed by atoms with van der Waals surface area (Å²) in [5.74, 6) is 1.32. The largest absolute Gasteiger partial charge is 0.141 e. The van der Waals surface area contributed by atoms with Crippen LogP contribution in [0.5, 0.6) is 0 Å². The molecule has 3 unspecified atom stereocenters. The molecule has 0 aromatic carbocycles. The molecule has 0 amide bonds. The Hall–Kier alpha value is -1.13. The van der Waals surface area contributed by atoms with Crippen LogP contribution in [-0.4, -0.2) is 6.66 Å². The average Bonchev–Trinajstić information content (AvgIpc) is 2.61. The quantitative estimate of drug-likeness (QED) is 0.293. The Kier molecular flexibility index (Phi) is 21.0. The molecule has 0 rings (SSSR count). The summed E-state index contributed by atoms with van der Waals surface area (Å²) in [6, 6.07) is 0. The summed E-state index contributed by atoms with van der Waals surface area (Å²) in [4.78, 5) is 0. The molecular weight excluding hydrogens is 307 g/mol. The summed E-state index contributed by atoms with van der Waals surface area (Å²) in [7, 11) is 2.42. The zero-order chi connectivity index (χ0) is 19.7. The lowest BCUT2D eigenvalue weighted by Gasteiger charge is -2.22. The van der Waals surface area contributed by atoms with Crippen LogP contribution in [0.4, 0.5) is 0 Å². The van der Waals surface area contributed by atoms with Gasteiger partial charge in [-0.15, -0.1) is 9.24 Å². The molecule has 0 saturated carbocycles. The van der Waals surface area contributed by atoms with Crippen LogP contribution < -0.4 is 0 Å². The third-order valence-electron chi connectivity index (χ3n) is 3.95. The van der Waals surface area contributed by atoms with Crippen LogP contribution in [0.25, 0.3) is 0 Å². The SMILES string of the molecule is C=C/C=C(/CC(C)C(C)CC)C(C(=C)C)=C(C=C)C=C.CC.CP. The molecule has 0 aliphatic carbocycles. The number of allylic oxidation sites excluding steroid dienone is 8. The van der Waals surface area contributed by atoms with Gasteiger partial charge in [-0.3, -0.25) is 0 Å². The van der Waals surface area contributed by atoms with Crippen LogP contribution in [0, 0.1) is 11.8 Å². The van der Waals surface area contributed by atoms with E-state index in [1.54, 1.807) is 0 Å². The molecule has 3 atom stereocenters. The molecule has 0 aliphatic rings. The molecule has 0 heterocycles. The maximum atomic E-state index is 4.12. The summed E-state index contributed by atoms with van der Waals surface area (Å²) in [5.41, 5.74) is 4.52. The van der Waals surface area contributed by atoms with Gasteiger partial charge in [0.05, 0.1) is 0 Å². The lowest BCUT2D eigenvalue weighted by molar-refractivity contribution is 0.375. The third-order valence-corrected chi connectivity index (χ3v) is 3.95. The second-order valence-corrected chi connectivity index (χ2v) is 5.51. The van der Waals surface area contributed by atoms with Gasteiger partial charge in [0.15, 0.2) is 0 Å². The predicted molar refractivity (Wildman–Crippen MR) is 121 cm³/mol. The first kappa shape index (κ1) is 27.7. The summed E-state index contributed by atoms with van der Waals surface area (Å²) >= 11 is 0. The molecule has 138 valence electrons. The summed E-state index contributed by atoms with van der Waals surface area (Å²) < 4.78 is 0. The van der Waals surface area contributed by atoms with Gasteiger partial charge in [-0.2, -0.15) is 0 Å². The van der Waals surface area contributed by atoms with Crippen LogP contribution in [0.15, 0.2) is 72.9 Å². The normalized spacial score (nSPS) is 12.2. The predicted octanol–water partition coefficient (Wildman–Crippen LogP) is 7.93. The summed E-state index contributed by atoms with van der Waals surface area (Å²) in [5, 5.41) is 0. The first-order chi connectivity index (χ1) is 11.4. The fourth-order valence-electron chi connectivity index (χ4n) is 2.34. The highest BCUT2D eigenvalue weighted by atomic mass is 31.0. The molecular formula is C23H41P.